The molecule has 23 heavy (non-hydrogen) atoms. The van der Waals surface area contributed by atoms with Crippen molar-refractivity contribution in [2.75, 3.05) is 19.0 Å². The van der Waals surface area contributed by atoms with Gasteiger partial charge in [-0.15, -0.1) is 12.4 Å². The Labute approximate surface area is 143 Å². The number of esters is 1. The first-order valence-corrected chi connectivity index (χ1v) is 7.77. The van der Waals surface area contributed by atoms with Crippen LogP contribution in [0.2, 0.25) is 0 Å². The van der Waals surface area contributed by atoms with Gasteiger partial charge >= 0.3 is 5.97 Å². The second kappa shape index (κ2) is 8.89. The van der Waals surface area contributed by atoms with Gasteiger partial charge in [-0.1, -0.05) is 25.3 Å². The number of anilines is 1. The van der Waals surface area contributed by atoms with Crippen LogP contribution in [0.3, 0.4) is 0 Å². The van der Waals surface area contributed by atoms with Gasteiger partial charge in [0.15, 0.2) is 0 Å². The van der Waals surface area contributed by atoms with Gasteiger partial charge in [-0.2, -0.15) is 0 Å². The molecular formula is C17H25ClN2O3. The summed E-state index contributed by atoms with van der Waals surface area (Å²) in [6, 6.07) is 6.77. The van der Waals surface area contributed by atoms with Crippen molar-refractivity contribution in [3.8, 4) is 0 Å². The van der Waals surface area contributed by atoms with Crippen molar-refractivity contribution in [2.24, 2.45) is 11.1 Å². The number of carbonyl (C=O) groups excluding carboxylic acids is 2. The average molecular weight is 341 g/mol. The number of halogens is 1. The van der Waals surface area contributed by atoms with Gasteiger partial charge in [-0.25, -0.2) is 4.79 Å². The van der Waals surface area contributed by atoms with Crippen LogP contribution in [-0.4, -0.2) is 25.5 Å². The van der Waals surface area contributed by atoms with Crippen molar-refractivity contribution in [1.29, 1.82) is 0 Å². The molecule has 1 aliphatic carbocycles. The number of benzene rings is 1. The van der Waals surface area contributed by atoms with E-state index in [1.165, 1.54) is 13.5 Å². The van der Waals surface area contributed by atoms with Crippen LogP contribution in [0.5, 0.6) is 0 Å². The highest BCUT2D eigenvalue weighted by molar-refractivity contribution is 5.94. The monoisotopic (exact) mass is 340 g/mol. The van der Waals surface area contributed by atoms with E-state index in [4.69, 9.17) is 5.73 Å². The SMILES string of the molecule is COC(=O)c1cccc(NC(=O)CC2(CN)CCCCC2)c1.Cl. The molecule has 0 spiro atoms. The fraction of sp³-hybridized carbons (Fsp3) is 0.529. The first-order chi connectivity index (χ1) is 10.6. The molecule has 0 atom stereocenters. The van der Waals surface area contributed by atoms with Crippen LogP contribution in [0.1, 0.15) is 48.9 Å². The van der Waals surface area contributed by atoms with Gasteiger partial charge in [0.2, 0.25) is 5.91 Å². The van der Waals surface area contributed by atoms with E-state index in [-0.39, 0.29) is 23.7 Å². The molecule has 0 saturated heterocycles. The lowest BCUT2D eigenvalue weighted by molar-refractivity contribution is -0.118. The zero-order valence-electron chi connectivity index (χ0n) is 13.5. The quantitative estimate of drug-likeness (QED) is 0.807. The van der Waals surface area contributed by atoms with E-state index in [0.29, 0.717) is 24.2 Å². The summed E-state index contributed by atoms with van der Waals surface area (Å²) in [5.74, 6) is -0.462. The molecule has 0 radical (unpaired) electrons. The Morgan fingerprint density at radius 1 is 1.26 bits per heavy atom. The van der Waals surface area contributed by atoms with Gasteiger partial charge in [0.25, 0.3) is 0 Å². The van der Waals surface area contributed by atoms with Gasteiger partial charge in [0.05, 0.1) is 12.7 Å². The van der Waals surface area contributed by atoms with Crippen LogP contribution in [0, 0.1) is 5.41 Å². The number of amides is 1. The van der Waals surface area contributed by atoms with E-state index >= 15 is 0 Å². The van der Waals surface area contributed by atoms with Crippen LogP contribution in [0.25, 0.3) is 0 Å². The first kappa shape index (κ1) is 19.5. The number of hydrogen-bond donors (Lipinski definition) is 2. The van der Waals surface area contributed by atoms with E-state index in [2.05, 4.69) is 10.1 Å². The third-order valence-electron chi connectivity index (χ3n) is 4.45. The molecule has 1 aromatic carbocycles. The Bertz CT molecular complexity index is 542. The standard InChI is InChI=1S/C17H24N2O3.ClH/c1-22-16(21)13-6-5-7-14(10-13)19-15(20)11-17(12-18)8-3-2-4-9-17;/h5-7,10H,2-4,8-9,11-12,18H2,1H3,(H,19,20);1H. The molecule has 0 heterocycles. The Morgan fingerprint density at radius 2 is 1.96 bits per heavy atom. The maximum absolute atomic E-state index is 12.3. The minimum absolute atomic E-state index is 0. The van der Waals surface area contributed by atoms with Crippen molar-refractivity contribution in [2.45, 2.75) is 38.5 Å². The minimum Gasteiger partial charge on any atom is -0.465 e. The predicted molar refractivity (Wildman–Crippen MR) is 92.8 cm³/mol. The normalized spacial score (nSPS) is 16.1. The van der Waals surface area contributed by atoms with E-state index in [0.717, 1.165) is 25.7 Å². The topological polar surface area (TPSA) is 81.4 Å². The molecule has 0 aliphatic heterocycles. The lowest BCUT2D eigenvalue weighted by Crippen LogP contribution is -2.36. The molecule has 5 nitrogen and oxygen atoms in total. The molecule has 1 aromatic rings. The molecule has 2 rings (SSSR count). The molecular weight excluding hydrogens is 316 g/mol. The lowest BCUT2D eigenvalue weighted by atomic mass is 9.71. The summed E-state index contributed by atoms with van der Waals surface area (Å²) < 4.78 is 4.68. The number of carbonyl (C=O) groups is 2. The molecule has 1 aliphatic rings. The summed E-state index contributed by atoms with van der Waals surface area (Å²) in [7, 11) is 1.33. The lowest BCUT2D eigenvalue weighted by Gasteiger charge is -2.35. The van der Waals surface area contributed by atoms with E-state index in [1.807, 2.05) is 0 Å². The number of nitrogens with one attached hydrogen (secondary N) is 1. The van der Waals surface area contributed by atoms with E-state index in [9.17, 15) is 9.59 Å². The van der Waals surface area contributed by atoms with Crippen LogP contribution in [0.15, 0.2) is 24.3 Å². The van der Waals surface area contributed by atoms with E-state index < -0.39 is 5.97 Å². The largest absolute Gasteiger partial charge is 0.465 e. The summed E-state index contributed by atoms with van der Waals surface area (Å²) in [5.41, 5.74) is 6.88. The molecule has 1 amide bonds. The van der Waals surface area contributed by atoms with Crippen molar-refractivity contribution < 1.29 is 14.3 Å². The van der Waals surface area contributed by atoms with Gasteiger partial charge in [-0.05, 0) is 43.0 Å². The van der Waals surface area contributed by atoms with Crippen molar-refractivity contribution in [3.05, 3.63) is 29.8 Å². The molecule has 0 bridgehead atoms. The molecule has 128 valence electrons. The highest BCUT2D eigenvalue weighted by atomic mass is 35.5. The van der Waals surface area contributed by atoms with Crippen LogP contribution in [0.4, 0.5) is 5.69 Å². The molecule has 1 fully saturated rings. The summed E-state index contributed by atoms with van der Waals surface area (Å²) >= 11 is 0. The number of hydrogen-bond acceptors (Lipinski definition) is 4. The van der Waals surface area contributed by atoms with E-state index in [1.54, 1.807) is 24.3 Å². The highest BCUT2D eigenvalue weighted by Gasteiger charge is 2.32. The first-order valence-electron chi connectivity index (χ1n) is 7.77. The highest BCUT2D eigenvalue weighted by Crippen LogP contribution is 2.38. The van der Waals surface area contributed by atoms with Gasteiger partial charge in [0.1, 0.15) is 0 Å². The Kier molecular flexibility index (Phi) is 7.52. The summed E-state index contributed by atoms with van der Waals surface area (Å²) in [5, 5.41) is 2.87. The molecule has 1 saturated carbocycles. The van der Waals surface area contributed by atoms with Gasteiger partial charge in [-0.3, -0.25) is 4.79 Å². The maximum Gasteiger partial charge on any atom is 0.337 e. The average Bonchev–Trinajstić information content (AvgIpc) is 2.55. The van der Waals surface area contributed by atoms with Crippen molar-refractivity contribution in [1.82, 2.24) is 0 Å². The van der Waals surface area contributed by atoms with Crippen LogP contribution >= 0.6 is 12.4 Å². The predicted octanol–water partition coefficient (Wildman–Crippen LogP) is 3.13. The van der Waals surface area contributed by atoms with Gasteiger partial charge < -0.3 is 15.8 Å². The molecule has 6 heteroatoms. The second-order valence-electron chi connectivity index (χ2n) is 6.06. The summed E-state index contributed by atoms with van der Waals surface area (Å²) in [6.07, 6.45) is 5.97. The Morgan fingerprint density at radius 3 is 2.57 bits per heavy atom. The smallest absolute Gasteiger partial charge is 0.337 e. The number of methoxy groups -OCH3 is 1. The minimum atomic E-state index is -0.415. The Hall–Kier alpha value is -1.59. The molecule has 0 unspecified atom stereocenters. The molecule has 3 N–H and O–H groups in total. The third-order valence-corrected chi connectivity index (χ3v) is 4.45. The summed E-state index contributed by atoms with van der Waals surface area (Å²) in [6.45, 7) is 0.544. The Balaban J connectivity index is 0.00000264. The van der Waals surface area contributed by atoms with Crippen LogP contribution in [-0.2, 0) is 9.53 Å². The zero-order chi connectivity index (χ0) is 16.0. The summed E-state index contributed by atoms with van der Waals surface area (Å²) in [4.78, 5) is 23.8. The van der Waals surface area contributed by atoms with Gasteiger partial charge in [0, 0.05) is 12.1 Å². The molecule has 0 aromatic heterocycles. The van der Waals surface area contributed by atoms with Crippen LogP contribution < -0.4 is 11.1 Å². The fourth-order valence-corrected chi connectivity index (χ4v) is 3.14. The van der Waals surface area contributed by atoms with Crippen molar-refractivity contribution >= 4 is 30.0 Å². The fourth-order valence-electron chi connectivity index (χ4n) is 3.14. The number of nitrogens with two attached hydrogens (primary N) is 1. The van der Waals surface area contributed by atoms with Crippen molar-refractivity contribution in [3.63, 3.8) is 0 Å². The third kappa shape index (κ3) is 5.22. The maximum atomic E-state index is 12.3. The number of ether oxygens (including phenoxy) is 1. The second-order valence-corrected chi connectivity index (χ2v) is 6.06. The number of rotatable bonds is 5. The zero-order valence-corrected chi connectivity index (χ0v) is 14.3.